The van der Waals surface area contributed by atoms with Gasteiger partial charge in [-0.25, -0.2) is 0 Å². The van der Waals surface area contributed by atoms with E-state index in [4.69, 9.17) is 0 Å². The van der Waals surface area contributed by atoms with Gasteiger partial charge in [-0.05, 0) is 42.2 Å². The van der Waals surface area contributed by atoms with Gasteiger partial charge in [-0.1, -0.05) is 24.3 Å². The first-order valence-electron chi connectivity index (χ1n) is 8.02. The van der Waals surface area contributed by atoms with E-state index in [1.807, 2.05) is 0 Å². The number of aromatic hydroxyl groups is 1. The smallest absolute Gasteiger partial charge is 0.254 e. The fraction of sp³-hybridized carbons (Fsp3) is 0.389. The molecular weight excluding hydrogens is 292 g/mol. The molecule has 1 aliphatic heterocycles. The number of rotatable bonds is 2. The van der Waals surface area contributed by atoms with Crippen molar-refractivity contribution in [3.05, 3.63) is 42.0 Å². The third kappa shape index (κ3) is 1.49. The molecule has 2 amide bonds. The summed E-state index contributed by atoms with van der Waals surface area (Å²) in [5.41, 5.74) is 0.693. The van der Waals surface area contributed by atoms with Crippen molar-refractivity contribution in [2.24, 2.45) is 34.2 Å². The van der Waals surface area contributed by atoms with Gasteiger partial charge in [0.2, 0.25) is 0 Å². The highest BCUT2D eigenvalue weighted by molar-refractivity contribution is 6.07. The number of carbonyl (C=O) groups excluding carboxylic acids is 2. The number of hydrogen-bond acceptors (Lipinski definition) is 4. The fourth-order valence-electron chi connectivity index (χ4n) is 4.89. The standard InChI is InChI=1S/C18H16N2O3/c21-13-4-2-1-3-10(13)9-19-20-16(22)14-11-5-6-12(15(14)17(20)23)18(11)7-8-18/h1-6,9,11-12,14-15,21H,7-8H2/b19-9-/t11-,12-,14-,15-/m1/s1. The molecule has 1 N–H and O–H groups in total. The van der Waals surface area contributed by atoms with E-state index in [1.54, 1.807) is 24.3 Å². The number of para-hydroxylation sites is 1. The van der Waals surface area contributed by atoms with Crippen molar-refractivity contribution in [1.82, 2.24) is 5.01 Å². The van der Waals surface area contributed by atoms with Gasteiger partial charge in [-0.3, -0.25) is 9.59 Å². The first-order chi connectivity index (χ1) is 11.1. The van der Waals surface area contributed by atoms with Crippen LogP contribution in [0.2, 0.25) is 0 Å². The Morgan fingerprint density at radius 2 is 1.70 bits per heavy atom. The van der Waals surface area contributed by atoms with Gasteiger partial charge in [0.15, 0.2) is 0 Å². The number of imide groups is 1. The Hall–Kier alpha value is -2.43. The Balaban J connectivity index is 1.46. The normalized spacial score (nSPS) is 35.7. The van der Waals surface area contributed by atoms with Gasteiger partial charge < -0.3 is 5.11 Å². The molecular formula is C18H16N2O3. The van der Waals surface area contributed by atoms with E-state index in [9.17, 15) is 14.7 Å². The number of allylic oxidation sites excluding steroid dienone is 2. The molecule has 0 unspecified atom stereocenters. The molecule has 3 aliphatic carbocycles. The molecule has 0 aromatic heterocycles. The van der Waals surface area contributed by atoms with E-state index in [0.29, 0.717) is 5.56 Å². The maximum absolute atomic E-state index is 12.7. The number of benzene rings is 1. The molecule has 4 aliphatic rings. The molecule has 2 saturated carbocycles. The number of phenolic OH excluding ortho intramolecular Hbond substituents is 1. The highest BCUT2D eigenvalue weighted by Gasteiger charge is 2.73. The van der Waals surface area contributed by atoms with Crippen molar-refractivity contribution in [3.8, 4) is 5.75 Å². The molecule has 5 rings (SSSR count). The SMILES string of the molecule is O=C1[C@H]2[C@H](C(=O)N1/N=C\c1ccccc1O)[C@H]1C=C[C@H]2C12CC2. The van der Waals surface area contributed by atoms with Gasteiger partial charge in [0.25, 0.3) is 11.8 Å². The lowest BCUT2D eigenvalue weighted by molar-refractivity contribution is -0.141. The van der Waals surface area contributed by atoms with E-state index in [2.05, 4.69) is 17.3 Å². The minimum absolute atomic E-state index is 0.0780. The van der Waals surface area contributed by atoms with Crippen molar-refractivity contribution in [2.45, 2.75) is 12.8 Å². The van der Waals surface area contributed by atoms with Crippen molar-refractivity contribution in [3.63, 3.8) is 0 Å². The molecule has 5 nitrogen and oxygen atoms in total. The summed E-state index contributed by atoms with van der Waals surface area (Å²) >= 11 is 0. The van der Waals surface area contributed by atoms with Gasteiger partial charge in [-0.2, -0.15) is 10.1 Å². The minimum Gasteiger partial charge on any atom is -0.507 e. The second kappa shape index (κ2) is 4.10. The van der Waals surface area contributed by atoms with Crippen LogP contribution in [0.3, 0.4) is 0 Å². The lowest BCUT2D eigenvalue weighted by Gasteiger charge is -2.18. The van der Waals surface area contributed by atoms with E-state index < -0.39 is 0 Å². The largest absolute Gasteiger partial charge is 0.507 e. The van der Waals surface area contributed by atoms with Crippen molar-refractivity contribution >= 4 is 18.0 Å². The number of fused-ring (bicyclic) bond motifs is 3. The van der Waals surface area contributed by atoms with Crippen LogP contribution in [0.5, 0.6) is 5.75 Å². The number of carbonyl (C=O) groups is 2. The molecule has 23 heavy (non-hydrogen) atoms. The topological polar surface area (TPSA) is 70.0 Å². The average Bonchev–Trinajstić information content (AvgIpc) is 3.15. The highest BCUT2D eigenvalue weighted by Crippen LogP contribution is 2.73. The van der Waals surface area contributed by atoms with Gasteiger partial charge in [0, 0.05) is 5.56 Å². The number of hydrogen-bond donors (Lipinski definition) is 1. The number of phenols is 1. The lowest BCUT2D eigenvalue weighted by atomic mass is 9.85. The first kappa shape index (κ1) is 13.0. The summed E-state index contributed by atoms with van der Waals surface area (Å²) in [6, 6.07) is 6.71. The monoisotopic (exact) mass is 308 g/mol. The Bertz CT molecular complexity index is 759. The quantitative estimate of drug-likeness (QED) is 0.515. The van der Waals surface area contributed by atoms with Crippen LogP contribution in [0.25, 0.3) is 0 Å². The van der Waals surface area contributed by atoms with Crippen LogP contribution in [0.1, 0.15) is 18.4 Å². The Labute approximate surface area is 133 Å². The zero-order valence-electron chi connectivity index (χ0n) is 12.4. The van der Waals surface area contributed by atoms with Crippen LogP contribution < -0.4 is 0 Å². The van der Waals surface area contributed by atoms with Gasteiger partial charge in [-0.15, -0.1) is 0 Å². The zero-order chi connectivity index (χ0) is 15.8. The predicted molar refractivity (Wildman–Crippen MR) is 82.3 cm³/mol. The van der Waals surface area contributed by atoms with Crippen LogP contribution in [-0.2, 0) is 9.59 Å². The molecule has 2 bridgehead atoms. The molecule has 1 heterocycles. The number of amides is 2. The van der Waals surface area contributed by atoms with Gasteiger partial charge in [0.05, 0.1) is 18.1 Å². The first-order valence-corrected chi connectivity index (χ1v) is 8.02. The van der Waals surface area contributed by atoms with Gasteiger partial charge in [0.1, 0.15) is 5.75 Å². The Morgan fingerprint density at radius 3 is 2.26 bits per heavy atom. The van der Waals surface area contributed by atoms with Gasteiger partial charge >= 0.3 is 0 Å². The van der Waals surface area contributed by atoms with Crippen molar-refractivity contribution in [2.75, 3.05) is 0 Å². The van der Waals surface area contributed by atoms with Crippen LogP contribution in [0.15, 0.2) is 41.5 Å². The van der Waals surface area contributed by atoms with Crippen LogP contribution in [0, 0.1) is 29.1 Å². The molecule has 1 aromatic rings. The third-order valence-electron chi connectivity index (χ3n) is 6.08. The molecule has 4 atom stereocenters. The molecule has 5 heteroatoms. The van der Waals surface area contributed by atoms with E-state index in [0.717, 1.165) is 17.9 Å². The summed E-state index contributed by atoms with van der Waals surface area (Å²) in [5, 5.41) is 14.9. The van der Waals surface area contributed by atoms with Crippen LogP contribution in [-0.4, -0.2) is 28.1 Å². The zero-order valence-corrected chi connectivity index (χ0v) is 12.4. The summed E-state index contributed by atoms with van der Waals surface area (Å²) in [6.45, 7) is 0. The number of hydrazone groups is 1. The maximum atomic E-state index is 12.7. The molecule has 3 fully saturated rings. The second-order valence-corrected chi connectivity index (χ2v) is 7.01. The van der Waals surface area contributed by atoms with Crippen molar-refractivity contribution in [1.29, 1.82) is 0 Å². The Kier molecular flexibility index (Phi) is 2.33. The average molecular weight is 308 g/mol. The number of nitrogens with zero attached hydrogens (tertiary/aromatic N) is 2. The summed E-state index contributed by atoms with van der Waals surface area (Å²) < 4.78 is 0. The summed E-state index contributed by atoms with van der Waals surface area (Å²) in [5.74, 6) is -0.347. The van der Waals surface area contributed by atoms with E-state index in [1.165, 1.54) is 6.21 Å². The van der Waals surface area contributed by atoms with E-state index in [-0.39, 0.29) is 46.7 Å². The molecule has 116 valence electrons. The molecule has 1 saturated heterocycles. The predicted octanol–water partition coefficient (Wildman–Crippen LogP) is 1.92. The van der Waals surface area contributed by atoms with Crippen LogP contribution >= 0.6 is 0 Å². The minimum atomic E-state index is -0.235. The maximum Gasteiger partial charge on any atom is 0.254 e. The molecule has 0 radical (unpaired) electrons. The fourth-order valence-corrected chi connectivity index (χ4v) is 4.89. The third-order valence-corrected chi connectivity index (χ3v) is 6.08. The van der Waals surface area contributed by atoms with Crippen LogP contribution in [0.4, 0.5) is 0 Å². The lowest BCUT2D eigenvalue weighted by Crippen LogP contribution is -2.30. The Morgan fingerprint density at radius 1 is 1.09 bits per heavy atom. The molecule has 1 aromatic carbocycles. The molecule has 1 spiro atoms. The summed E-state index contributed by atoms with van der Waals surface area (Å²) in [4.78, 5) is 25.4. The summed E-state index contributed by atoms with van der Waals surface area (Å²) in [6.07, 6.45) is 7.92. The van der Waals surface area contributed by atoms with Crippen molar-refractivity contribution < 1.29 is 14.7 Å². The van der Waals surface area contributed by atoms with E-state index >= 15 is 0 Å². The second-order valence-electron chi connectivity index (χ2n) is 7.01. The highest BCUT2D eigenvalue weighted by atomic mass is 16.3. The summed E-state index contributed by atoms with van der Waals surface area (Å²) in [7, 11) is 0.